The van der Waals surface area contributed by atoms with E-state index in [4.69, 9.17) is 19.1 Å². The summed E-state index contributed by atoms with van der Waals surface area (Å²) < 4.78 is 16.7. The number of nitrogens with zero attached hydrogens (tertiary/aromatic N) is 2. The molecule has 10 nitrogen and oxygen atoms in total. The zero-order chi connectivity index (χ0) is 22.1. The van der Waals surface area contributed by atoms with E-state index in [-0.39, 0.29) is 30.7 Å². The Balaban J connectivity index is 1.53. The first-order valence-corrected chi connectivity index (χ1v) is 9.97. The summed E-state index contributed by atoms with van der Waals surface area (Å²) in [6.07, 6.45) is 0.264. The fourth-order valence-electron chi connectivity index (χ4n) is 3.97. The lowest BCUT2D eigenvalue weighted by Gasteiger charge is -2.42. The number of anilines is 1. The fourth-order valence-corrected chi connectivity index (χ4v) is 3.97. The summed E-state index contributed by atoms with van der Waals surface area (Å²) in [5.74, 6) is -0.744. The Labute approximate surface area is 178 Å². The Morgan fingerprint density at radius 2 is 2.10 bits per heavy atom. The topological polar surface area (TPSA) is 131 Å². The van der Waals surface area contributed by atoms with Crippen LogP contribution < -0.4 is 10.1 Å². The van der Waals surface area contributed by atoms with Crippen molar-refractivity contribution < 1.29 is 33.5 Å². The summed E-state index contributed by atoms with van der Waals surface area (Å²) in [6, 6.07) is 6.09. The number of fused-ring (bicyclic) bond motifs is 2. The lowest BCUT2D eigenvalue weighted by atomic mass is 9.94. The second-order valence-corrected chi connectivity index (χ2v) is 7.75. The number of hydrogen-bond donors (Lipinski definition) is 2. The molecule has 1 aromatic heterocycles. The predicted molar refractivity (Wildman–Crippen MR) is 107 cm³/mol. The second kappa shape index (κ2) is 8.38. The van der Waals surface area contributed by atoms with E-state index >= 15 is 0 Å². The molecule has 0 saturated carbocycles. The monoisotopic (exact) mass is 429 g/mol. The lowest BCUT2D eigenvalue weighted by Crippen LogP contribution is -2.53. The van der Waals surface area contributed by atoms with Gasteiger partial charge in [0, 0.05) is 18.8 Å². The number of aromatic nitrogens is 1. The van der Waals surface area contributed by atoms with Gasteiger partial charge < -0.3 is 29.3 Å². The van der Waals surface area contributed by atoms with E-state index < -0.39 is 24.1 Å². The van der Waals surface area contributed by atoms with Crippen LogP contribution in [0.4, 0.5) is 5.69 Å². The molecule has 0 bridgehead atoms. The minimum Gasteiger partial charge on any atom is -0.490 e. The van der Waals surface area contributed by atoms with Gasteiger partial charge in [-0.25, -0.2) is 0 Å². The van der Waals surface area contributed by atoms with Gasteiger partial charge >= 0.3 is 5.97 Å². The fraction of sp³-hybridized carbons (Fsp3) is 0.429. The molecule has 2 aliphatic rings. The summed E-state index contributed by atoms with van der Waals surface area (Å²) in [5, 5.41) is 15.4. The van der Waals surface area contributed by atoms with Crippen LogP contribution >= 0.6 is 0 Å². The molecular weight excluding hydrogens is 406 g/mol. The second-order valence-electron chi connectivity index (χ2n) is 7.75. The van der Waals surface area contributed by atoms with E-state index in [0.29, 0.717) is 35.6 Å². The van der Waals surface area contributed by atoms with Crippen molar-refractivity contribution in [1.29, 1.82) is 0 Å². The molecule has 1 saturated heterocycles. The number of likely N-dealkylation sites (N-methyl/N-ethyl adjacent to an activating group) is 1. The maximum atomic E-state index is 13.2. The number of benzene rings is 1. The Bertz CT molecular complexity index is 1020. The maximum Gasteiger partial charge on any atom is 0.305 e. The zero-order valence-corrected chi connectivity index (χ0v) is 17.2. The van der Waals surface area contributed by atoms with Crippen LogP contribution in [0.25, 0.3) is 0 Å². The molecular formula is C21H23N3O7. The molecule has 2 aromatic rings. The number of nitrogens with one attached hydrogen (secondary N) is 1. The van der Waals surface area contributed by atoms with E-state index in [2.05, 4.69) is 10.5 Å². The molecule has 0 spiro atoms. The third-order valence-corrected chi connectivity index (χ3v) is 5.53. The van der Waals surface area contributed by atoms with Gasteiger partial charge in [-0.2, -0.15) is 0 Å². The first-order chi connectivity index (χ1) is 14.8. The molecule has 31 heavy (non-hydrogen) atoms. The Morgan fingerprint density at radius 3 is 2.81 bits per heavy atom. The zero-order valence-electron chi connectivity index (χ0n) is 17.2. The average molecular weight is 429 g/mol. The van der Waals surface area contributed by atoms with Crippen molar-refractivity contribution in [1.82, 2.24) is 10.1 Å². The number of ether oxygens (including phenoxy) is 2. The van der Waals surface area contributed by atoms with Crippen LogP contribution in [0, 0.1) is 6.92 Å². The molecule has 4 rings (SSSR count). The van der Waals surface area contributed by atoms with Gasteiger partial charge in [0.25, 0.3) is 11.8 Å². The summed E-state index contributed by atoms with van der Waals surface area (Å²) in [7, 11) is 1.69. The van der Waals surface area contributed by atoms with Crippen LogP contribution in [-0.4, -0.2) is 64.9 Å². The SMILES string of the molecule is Cc1cc(C(=O)Nc2ccc3c(c2)C(=O)N(C)[C@@H]2CC[C@@H](CC(=O)O)O[C@H]2CO3)no1. The molecule has 1 aromatic carbocycles. The van der Waals surface area contributed by atoms with Gasteiger partial charge in [-0.1, -0.05) is 5.16 Å². The van der Waals surface area contributed by atoms with E-state index in [0.717, 1.165) is 0 Å². The first-order valence-electron chi connectivity index (χ1n) is 9.97. The van der Waals surface area contributed by atoms with Gasteiger partial charge in [-0.3, -0.25) is 14.4 Å². The largest absolute Gasteiger partial charge is 0.490 e. The number of carbonyl (C=O) groups excluding carboxylic acids is 2. The molecule has 10 heteroatoms. The van der Waals surface area contributed by atoms with Gasteiger partial charge in [0.1, 0.15) is 24.2 Å². The smallest absolute Gasteiger partial charge is 0.305 e. The third kappa shape index (κ3) is 4.38. The Kier molecular flexibility index (Phi) is 5.64. The number of amides is 2. The highest BCUT2D eigenvalue weighted by molar-refractivity contribution is 6.04. The van der Waals surface area contributed by atoms with Gasteiger partial charge in [-0.15, -0.1) is 0 Å². The molecule has 3 atom stereocenters. The van der Waals surface area contributed by atoms with Gasteiger partial charge in [-0.05, 0) is 38.0 Å². The van der Waals surface area contributed by atoms with Crippen molar-refractivity contribution in [3.8, 4) is 5.75 Å². The summed E-state index contributed by atoms with van der Waals surface area (Å²) in [4.78, 5) is 38.1. The van der Waals surface area contributed by atoms with Gasteiger partial charge in [0.15, 0.2) is 5.69 Å². The van der Waals surface area contributed by atoms with E-state index in [1.165, 1.54) is 6.07 Å². The molecule has 164 valence electrons. The Hall–Kier alpha value is -3.40. The van der Waals surface area contributed by atoms with Crippen molar-refractivity contribution in [2.75, 3.05) is 19.0 Å². The molecule has 0 aliphatic carbocycles. The molecule has 3 heterocycles. The van der Waals surface area contributed by atoms with Crippen molar-refractivity contribution in [3.05, 3.63) is 41.3 Å². The molecule has 2 N–H and O–H groups in total. The maximum absolute atomic E-state index is 13.2. The minimum atomic E-state index is -0.916. The summed E-state index contributed by atoms with van der Waals surface area (Å²) >= 11 is 0. The van der Waals surface area contributed by atoms with Crippen molar-refractivity contribution in [3.63, 3.8) is 0 Å². The predicted octanol–water partition coefficient (Wildman–Crippen LogP) is 2.09. The first kappa shape index (κ1) is 20.9. The molecule has 2 amide bonds. The van der Waals surface area contributed by atoms with Gasteiger partial charge in [0.05, 0.1) is 24.1 Å². The summed E-state index contributed by atoms with van der Waals surface area (Å²) in [5.41, 5.74) is 0.887. The molecule has 1 fully saturated rings. The van der Waals surface area contributed by atoms with Crippen molar-refractivity contribution in [2.24, 2.45) is 0 Å². The number of aryl methyl sites for hydroxylation is 1. The van der Waals surface area contributed by atoms with Crippen molar-refractivity contribution >= 4 is 23.5 Å². The number of carboxylic acids is 1. The van der Waals surface area contributed by atoms with Crippen LogP contribution in [0.5, 0.6) is 5.75 Å². The van der Waals surface area contributed by atoms with Crippen LogP contribution in [0.15, 0.2) is 28.8 Å². The molecule has 0 unspecified atom stereocenters. The standard InChI is InChI=1S/C21H23N3O7/c1-11-7-15(23-31-11)20(27)22-12-3-6-17-14(8-12)21(28)24(2)16-5-4-13(9-19(25)26)30-18(16)10-29-17/h3,6-8,13,16,18H,4-5,9-10H2,1-2H3,(H,22,27)(H,25,26)/t13-,16+,18-/m0/s1. The molecule has 2 aliphatic heterocycles. The number of carboxylic acid groups (broad SMARTS) is 1. The van der Waals surface area contributed by atoms with E-state index in [9.17, 15) is 14.4 Å². The van der Waals surface area contributed by atoms with Crippen molar-refractivity contribution in [2.45, 2.75) is 44.4 Å². The highest BCUT2D eigenvalue weighted by Crippen LogP contribution is 2.32. The summed E-state index contributed by atoms with van der Waals surface area (Å²) in [6.45, 7) is 1.88. The Morgan fingerprint density at radius 1 is 1.29 bits per heavy atom. The lowest BCUT2D eigenvalue weighted by molar-refractivity contribution is -0.148. The normalized spacial score (nSPS) is 23.1. The molecule has 0 radical (unpaired) electrons. The number of rotatable bonds is 4. The van der Waals surface area contributed by atoms with E-state index in [1.54, 1.807) is 37.1 Å². The van der Waals surface area contributed by atoms with E-state index in [1.807, 2.05) is 0 Å². The highest BCUT2D eigenvalue weighted by atomic mass is 16.5. The van der Waals surface area contributed by atoms with Crippen LogP contribution in [0.2, 0.25) is 0 Å². The third-order valence-electron chi connectivity index (χ3n) is 5.53. The van der Waals surface area contributed by atoms with Crippen LogP contribution in [-0.2, 0) is 9.53 Å². The van der Waals surface area contributed by atoms with Crippen LogP contribution in [0.3, 0.4) is 0 Å². The minimum absolute atomic E-state index is 0.0778. The highest BCUT2D eigenvalue weighted by Gasteiger charge is 2.39. The number of hydrogen-bond acceptors (Lipinski definition) is 7. The van der Waals surface area contributed by atoms with Gasteiger partial charge in [0.2, 0.25) is 0 Å². The number of aliphatic carboxylic acids is 1. The average Bonchev–Trinajstić information content (AvgIpc) is 3.17. The number of carbonyl (C=O) groups is 3. The quantitative estimate of drug-likeness (QED) is 0.755. The van der Waals surface area contributed by atoms with Crippen LogP contribution in [0.1, 0.15) is 45.9 Å².